The molecule has 0 aliphatic heterocycles. The van der Waals surface area contributed by atoms with Gasteiger partial charge in [0.15, 0.2) is 0 Å². The van der Waals surface area contributed by atoms with Crippen molar-refractivity contribution in [1.29, 1.82) is 5.26 Å². The van der Waals surface area contributed by atoms with Gasteiger partial charge in [-0.25, -0.2) is 0 Å². The van der Waals surface area contributed by atoms with Gasteiger partial charge in [0.1, 0.15) is 23.0 Å². The van der Waals surface area contributed by atoms with Gasteiger partial charge in [-0.1, -0.05) is 96.0 Å². The smallest absolute Gasteiger partial charge is 0.870 e. The number of para-hydroxylation sites is 4. The standard InChI is InChI=1S/2C18H20N2O4.C2H3N.2CNS.NO3.Pr.2Zn/c2*1-23-15-7-3-5-13(17(15)21)11-19-9-10-20-12-14-6-4-8-16(24-2)18(14)22;1-2-3;2*2-1-3;2-1(3)4;;;/h2*3-8,11-12,21-22H,9-10H2,1-2H3;1H3;;;;;;/q;;;3*-1;+3;2*+2/p-4. The largest absolute Gasteiger partial charge is 3.00 e. The first-order valence-electron chi connectivity index (χ1n) is 16.8. The number of aliphatic imine (C=N–C) groups is 4. The van der Waals surface area contributed by atoms with Crippen LogP contribution in [0.5, 0.6) is 46.0 Å². The number of isothiocyanates is 2. The minimum atomic E-state index is -1.75. The summed E-state index contributed by atoms with van der Waals surface area (Å²) in [4.78, 5) is 24.9. The van der Waals surface area contributed by atoms with Gasteiger partial charge >= 0.3 is 80.2 Å². The molecule has 0 amide bonds. The molecule has 0 saturated heterocycles. The molecule has 0 aromatic heterocycles. The molecule has 0 spiro atoms. The topological polar surface area (TPSA) is 313 Å². The molecule has 0 saturated carbocycles. The molecule has 0 fully saturated rings. The van der Waals surface area contributed by atoms with Crippen LogP contribution in [0.4, 0.5) is 0 Å². The van der Waals surface area contributed by atoms with Gasteiger partial charge in [0.25, 0.3) is 0 Å². The van der Waals surface area contributed by atoms with Crippen molar-refractivity contribution in [3.05, 3.63) is 121 Å². The quantitative estimate of drug-likeness (QED) is 0.0423. The fourth-order valence-electron chi connectivity index (χ4n) is 4.06. The van der Waals surface area contributed by atoms with E-state index < -0.39 is 5.09 Å². The van der Waals surface area contributed by atoms with Crippen molar-refractivity contribution in [2.75, 3.05) is 54.6 Å². The normalized spacial score (nSPS) is 9.19. The second-order valence-electron chi connectivity index (χ2n) is 10.3. The zero-order valence-electron chi connectivity index (χ0n) is 35.4. The average molecular weight is 1140 g/mol. The summed E-state index contributed by atoms with van der Waals surface area (Å²) in [5, 5.41) is 86.6. The van der Waals surface area contributed by atoms with E-state index in [0.29, 0.717) is 48.4 Å². The molecular formula is C40H39N8O11PrS2Zn2. The van der Waals surface area contributed by atoms with Crippen molar-refractivity contribution in [2.45, 2.75) is 6.92 Å². The molecule has 0 N–H and O–H groups in total. The van der Waals surface area contributed by atoms with E-state index in [1.807, 2.05) is 0 Å². The van der Waals surface area contributed by atoms with Crippen molar-refractivity contribution in [3.63, 3.8) is 0 Å². The Kier molecular flexibility index (Phi) is 47.2. The van der Waals surface area contributed by atoms with Crippen LogP contribution in [0.2, 0.25) is 0 Å². The third kappa shape index (κ3) is 30.0. The number of hydrogen-bond acceptors (Lipinski definition) is 18. The first-order chi connectivity index (χ1) is 29.3. The van der Waals surface area contributed by atoms with E-state index in [0.717, 1.165) is 0 Å². The fraction of sp³-hybridized carbons (Fsp3) is 0.225. The first kappa shape index (κ1) is 67.9. The SMILES string of the molecule is CC#N.COc1cccc(C=NCCN=Cc2cccc(OC)c2[O-])c1[O-].COc1cccc(C=NCCN=Cc2cccc(OC)c2[O-])c1[O-].O=[N+]([O-])[O-].[N-]=C=S.[N-]=C=S.[Pr+3].[Zn+2].[Zn+2]. The second kappa shape index (κ2) is 44.5. The predicted octanol–water partition coefficient (Wildman–Crippen LogP) is 4.38. The third-order valence-electron chi connectivity index (χ3n) is 6.55. The maximum absolute atomic E-state index is 11.9. The number of nitriles is 1. The number of rotatable bonds is 14. The van der Waals surface area contributed by atoms with E-state index in [2.05, 4.69) is 44.4 Å². The number of ether oxygens (including phenoxy) is 4. The number of thiocarbonyl (C=S) groups is 2. The summed E-state index contributed by atoms with van der Waals surface area (Å²) >= 11 is 7.40. The van der Waals surface area contributed by atoms with Crippen LogP contribution in [0, 0.1) is 67.9 Å². The number of benzene rings is 4. The van der Waals surface area contributed by atoms with Crippen LogP contribution in [0.3, 0.4) is 0 Å². The van der Waals surface area contributed by atoms with Crippen LogP contribution in [-0.4, -0.2) is 94.9 Å². The molecule has 0 aliphatic carbocycles. The third-order valence-corrected chi connectivity index (χ3v) is 6.55. The molecule has 24 heteroatoms. The Morgan fingerprint density at radius 3 is 0.859 bits per heavy atom. The van der Waals surface area contributed by atoms with Gasteiger partial charge in [-0.2, -0.15) is 15.6 Å². The Morgan fingerprint density at radius 2 is 0.719 bits per heavy atom. The molecule has 19 nitrogen and oxygen atoms in total. The molecular weight excluding hydrogens is 1100 g/mol. The van der Waals surface area contributed by atoms with Gasteiger partial charge in [0, 0.05) is 31.8 Å². The van der Waals surface area contributed by atoms with Crippen LogP contribution < -0.4 is 39.4 Å². The van der Waals surface area contributed by atoms with Crippen LogP contribution in [0.15, 0.2) is 92.8 Å². The Morgan fingerprint density at radius 1 is 0.562 bits per heavy atom. The molecule has 4 aromatic carbocycles. The summed E-state index contributed by atoms with van der Waals surface area (Å²) < 4.78 is 19.9. The molecule has 4 aromatic rings. The zero-order chi connectivity index (χ0) is 46.4. The summed E-state index contributed by atoms with van der Waals surface area (Å²) in [7, 11) is 5.81. The number of nitrogens with zero attached hydrogens (tertiary/aromatic N) is 8. The Hall–Kier alpha value is -5.14. The maximum atomic E-state index is 11.9. The maximum Gasteiger partial charge on any atom is 3.00 e. The van der Waals surface area contributed by atoms with Gasteiger partial charge in [-0.3, -0.25) is 20.0 Å². The molecule has 0 bridgehead atoms. The van der Waals surface area contributed by atoms with E-state index in [-0.39, 0.29) is 126 Å². The molecule has 0 aliphatic rings. The van der Waals surface area contributed by atoms with Gasteiger partial charge in [0.05, 0.1) is 65.8 Å². The van der Waals surface area contributed by atoms with Crippen molar-refractivity contribution in [2.24, 2.45) is 20.0 Å². The predicted molar refractivity (Wildman–Crippen MR) is 233 cm³/mol. The molecule has 0 atom stereocenters. The van der Waals surface area contributed by atoms with E-state index in [1.54, 1.807) is 78.9 Å². The van der Waals surface area contributed by atoms with Crippen molar-refractivity contribution in [1.82, 2.24) is 0 Å². The van der Waals surface area contributed by atoms with Crippen LogP contribution in [0.25, 0.3) is 10.8 Å². The minimum Gasteiger partial charge on any atom is -0.870 e. The summed E-state index contributed by atoms with van der Waals surface area (Å²) in [6.45, 7) is 3.06. The van der Waals surface area contributed by atoms with Gasteiger partial charge in [0.2, 0.25) is 0 Å². The van der Waals surface area contributed by atoms with Crippen molar-refractivity contribution < 1.29 is 125 Å². The summed E-state index contributed by atoms with van der Waals surface area (Å²) in [6.07, 6.45) is 6.02. The van der Waals surface area contributed by atoms with Crippen LogP contribution >= 0.6 is 24.4 Å². The van der Waals surface area contributed by atoms with E-state index in [1.165, 1.54) is 70.5 Å². The van der Waals surface area contributed by atoms with E-state index in [9.17, 15) is 20.4 Å². The van der Waals surface area contributed by atoms with E-state index >= 15 is 0 Å². The second-order valence-corrected chi connectivity index (χ2v) is 10.7. The van der Waals surface area contributed by atoms with E-state index in [4.69, 9.17) is 50.3 Å². The average Bonchev–Trinajstić information content (AvgIpc) is 3.23. The zero-order valence-corrected chi connectivity index (χ0v) is 46.7. The Labute approximate surface area is 440 Å². The van der Waals surface area contributed by atoms with Gasteiger partial charge in [-0.15, -0.1) is 0 Å². The number of methoxy groups -OCH3 is 4. The number of hydrogen-bond donors (Lipinski definition) is 0. The molecule has 0 unspecified atom stereocenters. The molecule has 0 heterocycles. The fourth-order valence-corrected chi connectivity index (χ4v) is 4.06. The van der Waals surface area contributed by atoms with Gasteiger partial charge in [-0.05, 0) is 46.5 Å². The molecule has 4 rings (SSSR count). The molecule has 64 heavy (non-hydrogen) atoms. The first-order valence-corrected chi connectivity index (χ1v) is 17.6. The summed E-state index contributed by atoms with van der Waals surface area (Å²) in [5.74, 6) is 0.380. The summed E-state index contributed by atoms with van der Waals surface area (Å²) in [6, 6.07) is 21.8. The van der Waals surface area contributed by atoms with Crippen molar-refractivity contribution in [3.8, 4) is 52.1 Å². The monoisotopic (exact) mass is 1140 g/mol. The van der Waals surface area contributed by atoms with Crippen molar-refractivity contribution >= 4 is 59.6 Å². The summed E-state index contributed by atoms with van der Waals surface area (Å²) in [5.41, 5.74) is 1.86. The van der Waals surface area contributed by atoms with Crippen LogP contribution in [-0.2, 0) is 39.0 Å². The molecule has 0 radical (unpaired) electrons. The minimum absolute atomic E-state index is 0. The Balaban J connectivity index is -0.000000275. The van der Waals surface area contributed by atoms with Gasteiger partial charge < -0.3 is 65.5 Å². The molecule has 324 valence electrons. The Bertz CT molecular complexity index is 1900. The van der Waals surface area contributed by atoms with Crippen LogP contribution in [0.1, 0.15) is 29.2 Å².